The number of Topliss-reactive ketones (excluding diaryl/α,β-unsaturated/α-hetero) is 1. The molecule has 0 heterocycles. The fourth-order valence-corrected chi connectivity index (χ4v) is 1.98. The van der Waals surface area contributed by atoms with Gasteiger partial charge in [-0.15, -0.1) is 0 Å². The molecule has 0 aromatic heterocycles. The Labute approximate surface area is 136 Å². The quantitative estimate of drug-likeness (QED) is 0.431. The van der Waals surface area contributed by atoms with E-state index in [1.807, 2.05) is 0 Å². The summed E-state index contributed by atoms with van der Waals surface area (Å²) in [5.74, 6) is -4.89. The van der Waals surface area contributed by atoms with Gasteiger partial charge in [-0.1, -0.05) is 18.2 Å². The first kappa shape index (κ1) is 19.7. The number of esters is 2. The lowest BCUT2D eigenvalue weighted by Crippen LogP contribution is -2.34. The number of ketones is 1. The Morgan fingerprint density at radius 3 is 2.25 bits per heavy atom. The van der Waals surface area contributed by atoms with Crippen molar-refractivity contribution in [2.24, 2.45) is 5.92 Å². The third kappa shape index (κ3) is 5.36. The summed E-state index contributed by atoms with van der Waals surface area (Å²) in [6.45, 7) is 2.89. The van der Waals surface area contributed by atoms with Crippen LogP contribution in [0.3, 0.4) is 0 Å². The minimum atomic E-state index is -4.55. The molecule has 1 atom stereocenters. The fraction of sp³-hybridized carbons (Fsp3) is 0.438. The molecule has 0 saturated carbocycles. The summed E-state index contributed by atoms with van der Waals surface area (Å²) in [6.07, 6.45) is -4.94. The average molecular weight is 346 g/mol. The number of hydrogen-bond acceptors (Lipinski definition) is 5. The molecule has 0 amide bonds. The summed E-state index contributed by atoms with van der Waals surface area (Å²) in [6, 6.07) is 4.19. The maximum atomic E-state index is 12.7. The maximum Gasteiger partial charge on any atom is 0.416 e. The number of rotatable bonds is 7. The number of halogens is 3. The predicted molar refractivity (Wildman–Crippen MR) is 76.9 cm³/mol. The molecule has 5 nitrogen and oxygen atoms in total. The highest BCUT2D eigenvalue weighted by atomic mass is 19.4. The minimum Gasteiger partial charge on any atom is -0.465 e. The molecule has 0 aliphatic carbocycles. The van der Waals surface area contributed by atoms with Gasteiger partial charge < -0.3 is 9.47 Å². The Morgan fingerprint density at radius 2 is 1.71 bits per heavy atom. The molecule has 0 aliphatic rings. The van der Waals surface area contributed by atoms with Crippen LogP contribution in [0.1, 0.15) is 25.0 Å². The van der Waals surface area contributed by atoms with Crippen LogP contribution in [-0.2, 0) is 36.5 Å². The van der Waals surface area contributed by atoms with E-state index in [-0.39, 0.29) is 25.2 Å². The van der Waals surface area contributed by atoms with Crippen LogP contribution in [0.4, 0.5) is 13.2 Å². The minimum absolute atomic E-state index is 0.0337. The van der Waals surface area contributed by atoms with E-state index in [4.69, 9.17) is 4.74 Å². The third-order valence-electron chi connectivity index (χ3n) is 3.06. The van der Waals surface area contributed by atoms with Crippen molar-refractivity contribution in [2.75, 3.05) is 13.2 Å². The van der Waals surface area contributed by atoms with Crippen molar-refractivity contribution in [1.82, 2.24) is 0 Å². The van der Waals surface area contributed by atoms with Crippen molar-refractivity contribution in [3.63, 3.8) is 0 Å². The first-order valence-electron chi connectivity index (χ1n) is 7.24. The largest absolute Gasteiger partial charge is 0.465 e. The smallest absolute Gasteiger partial charge is 0.416 e. The second-order valence-corrected chi connectivity index (χ2v) is 4.79. The highest BCUT2D eigenvalue weighted by Gasteiger charge is 2.35. The van der Waals surface area contributed by atoms with Gasteiger partial charge in [0, 0.05) is 0 Å². The van der Waals surface area contributed by atoms with E-state index in [0.29, 0.717) is 0 Å². The zero-order valence-electron chi connectivity index (χ0n) is 13.2. The number of carbonyl (C=O) groups excluding carboxylic acids is 3. The normalized spacial score (nSPS) is 12.4. The SMILES string of the molecule is CCOC(=O)C(=O)[C@H](Cc1cccc(C(F)(F)F)c1)C(=O)OCC. The van der Waals surface area contributed by atoms with Gasteiger partial charge in [0.05, 0.1) is 18.8 Å². The van der Waals surface area contributed by atoms with E-state index in [9.17, 15) is 27.6 Å². The van der Waals surface area contributed by atoms with Gasteiger partial charge in [-0.05, 0) is 31.9 Å². The Morgan fingerprint density at radius 1 is 1.08 bits per heavy atom. The molecule has 132 valence electrons. The Kier molecular flexibility index (Phi) is 6.94. The molecule has 0 N–H and O–H groups in total. The molecule has 1 rings (SSSR count). The van der Waals surface area contributed by atoms with Crippen molar-refractivity contribution in [2.45, 2.75) is 26.4 Å². The summed E-state index contributed by atoms with van der Waals surface area (Å²) in [5.41, 5.74) is -0.827. The molecule has 1 aromatic carbocycles. The van der Waals surface area contributed by atoms with Gasteiger partial charge in [0.1, 0.15) is 5.92 Å². The molecule has 0 saturated heterocycles. The van der Waals surface area contributed by atoms with Gasteiger partial charge in [-0.2, -0.15) is 13.2 Å². The van der Waals surface area contributed by atoms with Crippen molar-refractivity contribution < 1.29 is 37.0 Å². The highest BCUT2D eigenvalue weighted by molar-refractivity contribution is 6.37. The molecule has 8 heteroatoms. The van der Waals surface area contributed by atoms with Gasteiger partial charge in [0.2, 0.25) is 0 Å². The lowest BCUT2D eigenvalue weighted by Gasteiger charge is -2.15. The number of ether oxygens (including phenoxy) is 2. The van der Waals surface area contributed by atoms with Crippen molar-refractivity contribution in [1.29, 1.82) is 0 Å². The molecule has 0 unspecified atom stereocenters. The van der Waals surface area contributed by atoms with Crippen LogP contribution >= 0.6 is 0 Å². The van der Waals surface area contributed by atoms with Gasteiger partial charge in [-0.25, -0.2) is 4.79 Å². The van der Waals surface area contributed by atoms with Crippen LogP contribution in [0.2, 0.25) is 0 Å². The van der Waals surface area contributed by atoms with E-state index in [1.54, 1.807) is 0 Å². The average Bonchev–Trinajstić information content (AvgIpc) is 2.52. The number of carbonyl (C=O) groups is 3. The lowest BCUT2D eigenvalue weighted by atomic mass is 9.94. The van der Waals surface area contributed by atoms with Gasteiger partial charge >= 0.3 is 18.1 Å². The van der Waals surface area contributed by atoms with Crippen LogP contribution in [0.15, 0.2) is 24.3 Å². The van der Waals surface area contributed by atoms with Crippen LogP contribution < -0.4 is 0 Å². The van der Waals surface area contributed by atoms with Crippen LogP contribution in [-0.4, -0.2) is 30.9 Å². The molecule has 0 radical (unpaired) electrons. The van der Waals surface area contributed by atoms with Crippen molar-refractivity contribution in [3.05, 3.63) is 35.4 Å². The molecular formula is C16H17F3O5. The van der Waals surface area contributed by atoms with Crippen LogP contribution in [0, 0.1) is 5.92 Å². The predicted octanol–water partition coefficient (Wildman–Crippen LogP) is 2.56. The zero-order valence-corrected chi connectivity index (χ0v) is 13.2. The molecule has 24 heavy (non-hydrogen) atoms. The van der Waals surface area contributed by atoms with E-state index >= 15 is 0 Å². The Balaban J connectivity index is 3.07. The number of alkyl halides is 3. The maximum absolute atomic E-state index is 12.7. The summed E-state index contributed by atoms with van der Waals surface area (Å²) < 4.78 is 47.5. The fourth-order valence-electron chi connectivity index (χ4n) is 1.98. The Bertz CT molecular complexity index is 610. The number of hydrogen-bond donors (Lipinski definition) is 0. The van der Waals surface area contributed by atoms with E-state index in [1.165, 1.54) is 19.9 Å². The molecule has 1 aromatic rings. The Hall–Kier alpha value is -2.38. The standard InChI is InChI=1S/C16H17F3O5/c1-3-23-14(21)12(13(20)15(22)24-4-2)9-10-6-5-7-11(8-10)16(17,18)19/h5-8,12H,3-4,9H2,1-2H3/t12-/m0/s1. The van der Waals surface area contributed by atoms with E-state index < -0.39 is 35.4 Å². The molecule has 0 fully saturated rings. The van der Waals surface area contributed by atoms with Crippen LogP contribution in [0.25, 0.3) is 0 Å². The summed E-state index contributed by atoms with van der Waals surface area (Å²) >= 11 is 0. The van der Waals surface area contributed by atoms with Crippen molar-refractivity contribution in [3.8, 4) is 0 Å². The van der Waals surface area contributed by atoms with Crippen LogP contribution in [0.5, 0.6) is 0 Å². The van der Waals surface area contributed by atoms with Gasteiger partial charge in [0.25, 0.3) is 5.78 Å². The zero-order chi connectivity index (χ0) is 18.3. The monoisotopic (exact) mass is 346 g/mol. The summed E-state index contributed by atoms with van der Waals surface area (Å²) in [7, 11) is 0. The van der Waals surface area contributed by atoms with E-state index in [2.05, 4.69) is 4.74 Å². The van der Waals surface area contributed by atoms with E-state index in [0.717, 1.165) is 18.2 Å². The topological polar surface area (TPSA) is 69.7 Å². The summed E-state index contributed by atoms with van der Waals surface area (Å²) in [4.78, 5) is 35.5. The molecule has 0 spiro atoms. The second kappa shape index (κ2) is 8.47. The highest BCUT2D eigenvalue weighted by Crippen LogP contribution is 2.30. The first-order chi connectivity index (χ1) is 11.2. The molecular weight excluding hydrogens is 329 g/mol. The molecule has 0 bridgehead atoms. The third-order valence-corrected chi connectivity index (χ3v) is 3.06. The van der Waals surface area contributed by atoms with Gasteiger partial charge in [-0.3, -0.25) is 9.59 Å². The van der Waals surface area contributed by atoms with Crippen molar-refractivity contribution >= 4 is 17.7 Å². The van der Waals surface area contributed by atoms with Gasteiger partial charge in [0.15, 0.2) is 0 Å². The molecule has 0 aliphatic heterocycles. The second-order valence-electron chi connectivity index (χ2n) is 4.79. The summed E-state index contributed by atoms with van der Waals surface area (Å²) in [5, 5.41) is 0. The lowest BCUT2D eigenvalue weighted by molar-refractivity contribution is -0.162. The number of benzene rings is 1. The first-order valence-corrected chi connectivity index (χ1v) is 7.24.